The first-order chi connectivity index (χ1) is 6.16. The van der Waals surface area contributed by atoms with Crippen molar-refractivity contribution in [2.24, 2.45) is 5.92 Å². The van der Waals surface area contributed by atoms with Gasteiger partial charge in [0.05, 0.1) is 0 Å². The number of nitrogens with zero attached hydrogens (tertiary/aromatic N) is 2. The Balaban J connectivity index is 2.33. The van der Waals surface area contributed by atoms with Crippen LogP contribution in [0.1, 0.15) is 29.7 Å². The summed E-state index contributed by atoms with van der Waals surface area (Å²) in [6.45, 7) is 3.06. The fourth-order valence-corrected chi connectivity index (χ4v) is 1.69. The minimum atomic E-state index is -0.936. The molecule has 0 amide bonds. The lowest BCUT2D eigenvalue weighted by atomic mass is 10.0. The van der Waals surface area contributed by atoms with Crippen LogP contribution in [0.25, 0.3) is 0 Å². The maximum Gasteiger partial charge on any atom is 0.356 e. The number of imidazole rings is 1. The summed E-state index contributed by atoms with van der Waals surface area (Å²) >= 11 is 0. The van der Waals surface area contributed by atoms with Gasteiger partial charge in [0.1, 0.15) is 5.82 Å². The van der Waals surface area contributed by atoms with Gasteiger partial charge in [-0.15, -0.1) is 0 Å². The van der Waals surface area contributed by atoms with E-state index in [-0.39, 0.29) is 5.69 Å². The molecule has 4 heteroatoms. The molecule has 70 valence electrons. The van der Waals surface area contributed by atoms with Gasteiger partial charge < -0.3 is 9.67 Å². The highest BCUT2D eigenvalue weighted by Gasteiger charge is 2.19. The second kappa shape index (κ2) is 2.87. The van der Waals surface area contributed by atoms with Gasteiger partial charge >= 0.3 is 5.97 Å². The summed E-state index contributed by atoms with van der Waals surface area (Å²) in [5.74, 6) is 0.599. The molecule has 1 aliphatic heterocycles. The third-order valence-corrected chi connectivity index (χ3v) is 2.47. The van der Waals surface area contributed by atoms with Crippen LogP contribution in [-0.2, 0) is 13.0 Å². The zero-order chi connectivity index (χ0) is 9.42. The van der Waals surface area contributed by atoms with Crippen LogP contribution in [0.15, 0.2) is 6.20 Å². The third kappa shape index (κ3) is 1.43. The Morgan fingerprint density at radius 2 is 2.54 bits per heavy atom. The topological polar surface area (TPSA) is 55.1 Å². The van der Waals surface area contributed by atoms with Crippen molar-refractivity contribution in [3.63, 3.8) is 0 Å². The number of aryl methyl sites for hydroxylation is 1. The molecule has 2 heterocycles. The van der Waals surface area contributed by atoms with E-state index in [1.807, 2.05) is 4.57 Å². The van der Waals surface area contributed by atoms with Gasteiger partial charge in [0.2, 0.25) is 0 Å². The number of rotatable bonds is 1. The number of carbonyl (C=O) groups is 1. The van der Waals surface area contributed by atoms with E-state index in [2.05, 4.69) is 11.9 Å². The summed E-state index contributed by atoms with van der Waals surface area (Å²) in [5.41, 5.74) is 0.170. The number of hydrogen-bond donors (Lipinski definition) is 1. The molecule has 1 aromatic heterocycles. The first-order valence-corrected chi connectivity index (χ1v) is 4.46. The zero-order valence-electron chi connectivity index (χ0n) is 7.53. The van der Waals surface area contributed by atoms with Crippen LogP contribution >= 0.6 is 0 Å². The largest absolute Gasteiger partial charge is 0.476 e. The number of hydrogen-bond acceptors (Lipinski definition) is 2. The second-order valence-electron chi connectivity index (χ2n) is 3.64. The molecule has 0 aromatic carbocycles. The lowest BCUT2D eigenvalue weighted by Crippen LogP contribution is -2.16. The van der Waals surface area contributed by atoms with E-state index >= 15 is 0 Å². The molecule has 1 aromatic rings. The first kappa shape index (κ1) is 8.29. The van der Waals surface area contributed by atoms with Gasteiger partial charge in [-0.2, -0.15) is 0 Å². The second-order valence-corrected chi connectivity index (χ2v) is 3.64. The van der Waals surface area contributed by atoms with Gasteiger partial charge in [-0.1, -0.05) is 6.92 Å². The molecular formula is C9H12N2O2. The fraction of sp³-hybridized carbons (Fsp3) is 0.556. The van der Waals surface area contributed by atoms with Gasteiger partial charge in [0.25, 0.3) is 0 Å². The van der Waals surface area contributed by atoms with Gasteiger partial charge in [-0.05, 0) is 12.3 Å². The average molecular weight is 180 g/mol. The Kier molecular flexibility index (Phi) is 1.83. The highest BCUT2D eigenvalue weighted by Crippen LogP contribution is 2.19. The maximum atomic E-state index is 10.6. The zero-order valence-corrected chi connectivity index (χ0v) is 7.53. The molecule has 13 heavy (non-hydrogen) atoms. The van der Waals surface area contributed by atoms with E-state index in [0.29, 0.717) is 5.92 Å². The van der Waals surface area contributed by atoms with E-state index in [4.69, 9.17) is 5.11 Å². The summed E-state index contributed by atoms with van der Waals surface area (Å²) in [6.07, 6.45) is 3.64. The number of fused-ring (bicyclic) bond motifs is 1. The van der Waals surface area contributed by atoms with E-state index in [9.17, 15) is 4.79 Å². The molecule has 0 fully saturated rings. The van der Waals surface area contributed by atoms with Crippen molar-refractivity contribution in [3.05, 3.63) is 17.7 Å². The monoisotopic (exact) mass is 180 g/mol. The van der Waals surface area contributed by atoms with E-state index < -0.39 is 5.97 Å². The summed E-state index contributed by atoms with van der Waals surface area (Å²) in [4.78, 5) is 14.7. The predicted octanol–water partition coefficient (Wildman–Crippen LogP) is 1.16. The molecule has 0 aliphatic carbocycles. The van der Waals surface area contributed by atoms with Crippen LogP contribution < -0.4 is 0 Å². The predicted molar refractivity (Wildman–Crippen MR) is 46.7 cm³/mol. The van der Waals surface area contributed by atoms with Gasteiger partial charge in [0, 0.05) is 19.2 Å². The molecule has 0 spiro atoms. The Bertz CT molecular complexity index is 343. The standard InChI is InChI=1S/C9H12N2O2/c1-6-2-3-11-5-7(9(12)13)10-8(11)4-6/h5-6H,2-4H2,1H3,(H,12,13)/t6-/m1/s1. The molecule has 1 aliphatic rings. The molecule has 0 unspecified atom stereocenters. The Morgan fingerprint density at radius 3 is 3.23 bits per heavy atom. The maximum absolute atomic E-state index is 10.6. The Morgan fingerprint density at radius 1 is 1.77 bits per heavy atom. The summed E-state index contributed by atoms with van der Waals surface area (Å²) < 4.78 is 1.95. The number of carboxylic acid groups (broad SMARTS) is 1. The molecule has 0 saturated carbocycles. The minimum Gasteiger partial charge on any atom is -0.476 e. The smallest absolute Gasteiger partial charge is 0.356 e. The molecule has 2 rings (SSSR count). The van der Waals surface area contributed by atoms with Crippen LogP contribution in [0.3, 0.4) is 0 Å². The summed E-state index contributed by atoms with van der Waals surface area (Å²) in [7, 11) is 0. The van der Waals surface area contributed by atoms with Crippen LogP contribution in [0.4, 0.5) is 0 Å². The number of carboxylic acids is 1. The van der Waals surface area contributed by atoms with Crippen LogP contribution in [0.2, 0.25) is 0 Å². The lowest BCUT2D eigenvalue weighted by molar-refractivity contribution is 0.0691. The van der Waals surface area contributed by atoms with Crippen molar-refractivity contribution in [1.82, 2.24) is 9.55 Å². The highest BCUT2D eigenvalue weighted by molar-refractivity contribution is 5.85. The lowest BCUT2D eigenvalue weighted by Gasteiger charge is -2.18. The van der Waals surface area contributed by atoms with Gasteiger partial charge in [-0.25, -0.2) is 9.78 Å². The average Bonchev–Trinajstić information content (AvgIpc) is 2.46. The molecule has 1 atom stereocenters. The van der Waals surface area contributed by atoms with Crippen molar-refractivity contribution >= 4 is 5.97 Å². The third-order valence-electron chi connectivity index (χ3n) is 2.47. The van der Waals surface area contributed by atoms with Crippen LogP contribution in [0, 0.1) is 5.92 Å². The molecular weight excluding hydrogens is 168 g/mol. The van der Waals surface area contributed by atoms with E-state index in [0.717, 1.165) is 25.2 Å². The molecule has 0 radical (unpaired) electrons. The number of aromatic nitrogens is 2. The van der Waals surface area contributed by atoms with Crippen molar-refractivity contribution in [3.8, 4) is 0 Å². The summed E-state index contributed by atoms with van der Waals surface area (Å²) in [5, 5.41) is 8.72. The normalized spacial score (nSPS) is 21.2. The van der Waals surface area contributed by atoms with Crippen molar-refractivity contribution < 1.29 is 9.90 Å². The Hall–Kier alpha value is -1.32. The molecule has 1 N–H and O–H groups in total. The van der Waals surface area contributed by atoms with Crippen molar-refractivity contribution in [1.29, 1.82) is 0 Å². The van der Waals surface area contributed by atoms with Gasteiger partial charge in [0.15, 0.2) is 5.69 Å². The van der Waals surface area contributed by atoms with Crippen LogP contribution in [0.5, 0.6) is 0 Å². The minimum absolute atomic E-state index is 0.170. The van der Waals surface area contributed by atoms with Crippen molar-refractivity contribution in [2.75, 3.05) is 0 Å². The molecule has 0 bridgehead atoms. The Labute approximate surface area is 76.2 Å². The SMILES string of the molecule is C[C@@H]1CCn2cc(C(=O)O)nc2C1. The van der Waals surface area contributed by atoms with E-state index in [1.165, 1.54) is 0 Å². The number of aromatic carboxylic acids is 1. The van der Waals surface area contributed by atoms with Crippen molar-refractivity contribution in [2.45, 2.75) is 26.3 Å². The summed E-state index contributed by atoms with van der Waals surface area (Å²) in [6, 6.07) is 0. The van der Waals surface area contributed by atoms with Crippen LogP contribution in [-0.4, -0.2) is 20.6 Å². The first-order valence-electron chi connectivity index (χ1n) is 4.46. The fourth-order valence-electron chi connectivity index (χ4n) is 1.69. The van der Waals surface area contributed by atoms with Gasteiger partial charge in [-0.3, -0.25) is 0 Å². The molecule has 4 nitrogen and oxygen atoms in total. The quantitative estimate of drug-likeness (QED) is 0.705. The highest BCUT2D eigenvalue weighted by atomic mass is 16.4. The molecule has 0 saturated heterocycles. The van der Waals surface area contributed by atoms with E-state index in [1.54, 1.807) is 6.20 Å².